The van der Waals surface area contributed by atoms with Gasteiger partial charge < -0.3 is 30.6 Å². The van der Waals surface area contributed by atoms with Crippen molar-refractivity contribution in [1.82, 2.24) is 5.32 Å². The maximum Gasteiger partial charge on any atom is 0.184 e. The Morgan fingerprint density at radius 1 is 1.35 bits per heavy atom. The lowest BCUT2D eigenvalue weighted by molar-refractivity contribution is -0.0188. The molecular weight excluding hydrogens is 321 g/mol. The minimum atomic E-state index is -0.525. The van der Waals surface area contributed by atoms with E-state index in [0.29, 0.717) is 42.9 Å². The number of nitrogens with two attached hydrogens (primary N) is 1. The highest BCUT2D eigenvalue weighted by Gasteiger charge is 2.29. The van der Waals surface area contributed by atoms with Crippen LogP contribution in [0.4, 0.5) is 10.1 Å². The van der Waals surface area contributed by atoms with Crippen molar-refractivity contribution in [2.75, 3.05) is 31.8 Å². The van der Waals surface area contributed by atoms with Gasteiger partial charge >= 0.3 is 0 Å². The molecule has 23 heavy (non-hydrogen) atoms. The number of hydrogen-bond donors (Lipinski definition) is 3. The van der Waals surface area contributed by atoms with Gasteiger partial charge in [0.2, 0.25) is 0 Å². The van der Waals surface area contributed by atoms with E-state index >= 15 is 0 Å². The van der Waals surface area contributed by atoms with Crippen LogP contribution in [-0.2, 0) is 4.74 Å². The molecule has 2 aliphatic rings. The summed E-state index contributed by atoms with van der Waals surface area (Å²) >= 11 is 5.34. The Morgan fingerprint density at radius 2 is 2.17 bits per heavy atom. The number of ether oxygens (including phenoxy) is 3. The van der Waals surface area contributed by atoms with Crippen molar-refractivity contribution in [3.05, 3.63) is 18.2 Å². The number of rotatable bonds is 3. The predicted octanol–water partition coefficient (Wildman–Crippen LogP) is 1.20. The summed E-state index contributed by atoms with van der Waals surface area (Å²) < 4.78 is 29.2. The fourth-order valence-corrected chi connectivity index (χ4v) is 2.92. The minimum Gasteiger partial charge on any atom is -0.486 e. The molecule has 2 heterocycles. The Labute approximate surface area is 139 Å². The second kappa shape index (κ2) is 7.29. The molecule has 1 aromatic rings. The highest BCUT2D eigenvalue weighted by molar-refractivity contribution is 7.80. The van der Waals surface area contributed by atoms with Crippen molar-refractivity contribution in [1.29, 1.82) is 0 Å². The Bertz CT molecular complexity index is 575. The molecule has 0 aliphatic carbocycles. The third kappa shape index (κ3) is 3.82. The summed E-state index contributed by atoms with van der Waals surface area (Å²) in [4.78, 5) is 0. The van der Waals surface area contributed by atoms with Crippen LogP contribution in [0.2, 0.25) is 0 Å². The number of halogens is 1. The van der Waals surface area contributed by atoms with Gasteiger partial charge in [-0.1, -0.05) is 6.07 Å². The van der Waals surface area contributed by atoms with E-state index in [4.69, 9.17) is 32.2 Å². The highest BCUT2D eigenvalue weighted by Crippen LogP contribution is 2.37. The smallest absolute Gasteiger partial charge is 0.184 e. The van der Waals surface area contributed by atoms with Crippen molar-refractivity contribution in [2.24, 2.45) is 5.73 Å². The molecule has 0 amide bonds. The molecule has 0 spiro atoms. The monoisotopic (exact) mass is 341 g/mol. The zero-order chi connectivity index (χ0) is 16.2. The second-order valence-electron chi connectivity index (χ2n) is 5.54. The number of alkyl halides is 1. The first-order chi connectivity index (χ1) is 11.2. The maximum atomic E-state index is 12.8. The van der Waals surface area contributed by atoms with Crippen LogP contribution >= 0.6 is 12.2 Å². The molecule has 8 heteroatoms. The normalized spacial score (nSPS) is 26.4. The third-order valence-corrected chi connectivity index (χ3v) is 4.08. The number of nitrogens with one attached hydrogen (secondary N) is 2. The SMILES string of the molecule is N[C@H]1CO[C@@H](CF)C[C@H]1NC(=S)Nc1cccc2c1OCCO2. The van der Waals surface area contributed by atoms with E-state index in [2.05, 4.69) is 10.6 Å². The Morgan fingerprint density at radius 3 is 3.00 bits per heavy atom. The summed E-state index contributed by atoms with van der Waals surface area (Å²) in [7, 11) is 0. The van der Waals surface area contributed by atoms with E-state index in [9.17, 15) is 4.39 Å². The number of thiocarbonyl (C=S) groups is 1. The fraction of sp³-hybridized carbons (Fsp3) is 0.533. The van der Waals surface area contributed by atoms with E-state index in [1.807, 2.05) is 18.2 Å². The molecule has 0 aromatic heterocycles. The zero-order valence-corrected chi connectivity index (χ0v) is 13.4. The van der Waals surface area contributed by atoms with E-state index in [-0.39, 0.29) is 12.1 Å². The summed E-state index contributed by atoms with van der Waals surface area (Å²) in [6.45, 7) is 0.810. The first kappa shape index (κ1) is 16.2. The van der Waals surface area contributed by atoms with Crippen LogP contribution in [0, 0.1) is 0 Å². The number of hydrogen-bond acceptors (Lipinski definition) is 5. The molecule has 1 saturated heterocycles. The molecule has 0 saturated carbocycles. The molecule has 3 rings (SSSR count). The van der Waals surface area contributed by atoms with Gasteiger partial charge in [0.05, 0.1) is 18.4 Å². The second-order valence-corrected chi connectivity index (χ2v) is 5.95. The minimum absolute atomic E-state index is 0.138. The molecule has 0 radical (unpaired) electrons. The average molecular weight is 341 g/mol. The molecular formula is C15H20FN3O3S. The van der Waals surface area contributed by atoms with Crippen LogP contribution in [0.15, 0.2) is 18.2 Å². The molecule has 2 aliphatic heterocycles. The predicted molar refractivity (Wildman–Crippen MR) is 88.9 cm³/mol. The van der Waals surface area contributed by atoms with E-state index in [0.717, 1.165) is 5.69 Å². The van der Waals surface area contributed by atoms with Gasteiger partial charge in [-0.15, -0.1) is 0 Å². The standard InChI is InChI=1S/C15H20FN3O3S/c16-7-9-6-12(10(17)8-22-9)19-15(23)18-11-2-1-3-13-14(11)21-5-4-20-13/h1-3,9-10,12H,4-8,17H2,(H2,18,19,23)/t9-,10+,12-/m1/s1. The van der Waals surface area contributed by atoms with Gasteiger partial charge in [0.25, 0.3) is 0 Å². The van der Waals surface area contributed by atoms with Crippen LogP contribution < -0.4 is 25.8 Å². The molecule has 4 N–H and O–H groups in total. The zero-order valence-electron chi connectivity index (χ0n) is 12.6. The van der Waals surface area contributed by atoms with E-state index in [1.54, 1.807) is 0 Å². The van der Waals surface area contributed by atoms with Gasteiger partial charge in [-0.2, -0.15) is 0 Å². The third-order valence-electron chi connectivity index (χ3n) is 3.86. The quantitative estimate of drug-likeness (QED) is 0.713. The van der Waals surface area contributed by atoms with Gasteiger partial charge in [-0.25, -0.2) is 4.39 Å². The summed E-state index contributed by atoms with van der Waals surface area (Å²) in [5, 5.41) is 6.65. The summed E-state index contributed by atoms with van der Waals surface area (Å²) in [5.41, 5.74) is 6.73. The number of anilines is 1. The van der Waals surface area contributed by atoms with Crippen molar-refractivity contribution in [3.63, 3.8) is 0 Å². The van der Waals surface area contributed by atoms with Gasteiger partial charge in [0, 0.05) is 12.1 Å². The van der Waals surface area contributed by atoms with Crippen LogP contribution in [0.5, 0.6) is 11.5 Å². The van der Waals surface area contributed by atoms with E-state index < -0.39 is 12.8 Å². The topological polar surface area (TPSA) is 77.8 Å². The fourth-order valence-electron chi connectivity index (χ4n) is 2.66. The van der Waals surface area contributed by atoms with Gasteiger partial charge in [0.1, 0.15) is 19.9 Å². The number of para-hydroxylation sites is 1. The molecule has 3 atom stereocenters. The maximum absolute atomic E-state index is 12.8. The van der Waals surface area contributed by atoms with Crippen molar-refractivity contribution in [3.8, 4) is 11.5 Å². The van der Waals surface area contributed by atoms with Crippen LogP contribution in [0.1, 0.15) is 6.42 Å². The summed E-state index contributed by atoms with van der Waals surface area (Å²) in [6.07, 6.45) is 0.0442. The largest absolute Gasteiger partial charge is 0.486 e. The van der Waals surface area contributed by atoms with Gasteiger partial charge in [-0.3, -0.25) is 0 Å². The molecule has 1 fully saturated rings. The van der Waals surface area contributed by atoms with Crippen LogP contribution in [0.3, 0.4) is 0 Å². The molecule has 0 bridgehead atoms. The average Bonchev–Trinajstić information content (AvgIpc) is 2.57. The molecule has 126 valence electrons. The van der Waals surface area contributed by atoms with Crippen LogP contribution in [0.25, 0.3) is 0 Å². The van der Waals surface area contributed by atoms with Crippen molar-refractivity contribution < 1.29 is 18.6 Å². The highest BCUT2D eigenvalue weighted by atomic mass is 32.1. The van der Waals surface area contributed by atoms with Crippen LogP contribution in [-0.4, -0.2) is 49.8 Å². The Balaban J connectivity index is 1.63. The molecule has 6 nitrogen and oxygen atoms in total. The van der Waals surface area contributed by atoms with Gasteiger partial charge in [-0.05, 0) is 30.8 Å². The first-order valence-electron chi connectivity index (χ1n) is 7.56. The Kier molecular flexibility index (Phi) is 5.14. The van der Waals surface area contributed by atoms with Crippen molar-refractivity contribution in [2.45, 2.75) is 24.6 Å². The van der Waals surface area contributed by atoms with E-state index in [1.165, 1.54) is 0 Å². The lowest BCUT2D eigenvalue weighted by atomic mass is 10.00. The lowest BCUT2D eigenvalue weighted by Gasteiger charge is -2.34. The van der Waals surface area contributed by atoms with Crippen molar-refractivity contribution >= 4 is 23.0 Å². The lowest BCUT2D eigenvalue weighted by Crippen LogP contribution is -2.56. The first-order valence-corrected chi connectivity index (χ1v) is 7.97. The molecule has 0 unspecified atom stereocenters. The van der Waals surface area contributed by atoms with Gasteiger partial charge in [0.15, 0.2) is 16.6 Å². The number of benzene rings is 1. The summed E-state index contributed by atoms with van der Waals surface area (Å²) in [5.74, 6) is 1.32. The number of fused-ring (bicyclic) bond motifs is 1. The molecule has 1 aromatic carbocycles. The Hall–Kier alpha value is -1.64. The summed E-state index contributed by atoms with van der Waals surface area (Å²) in [6, 6.07) is 5.19.